The second-order valence-corrected chi connectivity index (χ2v) is 5.64. The van der Waals surface area contributed by atoms with E-state index < -0.39 is 0 Å². The molecule has 2 atom stereocenters. The van der Waals surface area contributed by atoms with Crippen LogP contribution in [-0.4, -0.2) is 29.0 Å². The van der Waals surface area contributed by atoms with Gasteiger partial charge in [-0.25, -0.2) is 0 Å². The van der Waals surface area contributed by atoms with Gasteiger partial charge in [0.05, 0.1) is 29.1 Å². The molecule has 0 aliphatic heterocycles. The molecule has 0 aromatic carbocycles. The first-order valence-corrected chi connectivity index (χ1v) is 8.02. The van der Waals surface area contributed by atoms with Crippen LogP contribution in [-0.2, 0) is 4.74 Å². The molecular weight excluding hydrogens is 274 g/mol. The van der Waals surface area contributed by atoms with E-state index in [2.05, 4.69) is 38.1 Å². The molecule has 4 nitrogen and oxygen atoms in total. The molecular formula is C15H28ClN3O. The molecule has 1 heterocycles. The monoisotopic (exact) mass is 301 g/mol. The smallest absolute Gasteiger partial charge is 0.0835 e. The van der Waals surface area contributed by atoms with Gasteiger partial charge in [0.2, 0.25) is 0 Å². The highest BCUT2D eigenvalue weighted by Crippen LogP contribution is 2.30. The molecule has 5 heteroatoms. The molecule has 0 radical (unpaired) electrons. The summed E-state index contributed by atoms with van der Waals surface area (Å²) >= 11 is 6.39. The fourth-order valence-corrected chi connectivity index (χ4v) is 2.77. The first-order chi connectivity index (χ1) is 9.56. The lowest BCUT2D eigenvalue weighted by Crippen LogP contribution is -2.36. The number of hydrogen-bond donors (Lipinski definition) is 1. The van der Waals surface area contributed by atoms with Crippen LogP contribution in [0.2, 0.25) is 5.02 Å². The van der Waals surface area contributed by atoms with E-state index in [1.54, 1.807) is 6.20 Å². The number of nitrogens with zero attached hydrogens (tertiary/aromatic N) is 2. The molecule has 1 rings (SSSR count). The lowest BCUT2D eigenvalue weighted by atomic mass is 10.0. The van der Waals surface area contributed by atoms with E-state index in [1.165, 1.54) is 0 Å². The molecule has 0 amide bonds. The zero-order chi connectivity index (χ0) is 15.1. The van der Waals surface area contributed by atoms with Crippen LogP contribution in [0.4, 0.5) is 0 Å². The third-order valence-electron chi connectivity index (χ3n) is 3.32. The number of nitrogens with one attached hydrogen (secondary N) is 1. The maximum Gasteiger partial charge on any atom is 0.0835 e. The lowest BCUT2D eigenvalue weighted by Gasteiger charge is -2.29. The summed E-state index contributed by atoms with van der Waals surface area (Å²) in [6.45, 7) is 12.1. The van der Waals surface area contributed by atoms with E-state index in [9.17, 15) is 0 Å². The quantitative estimate of drug-likeness (QED) is 0.750. The van der Waals surface area contributed by atoms with Gasteiger partial charge in [-0.05, 0) is 33.7 Å². The van der Waals surface area contributed by atoms with Gasteiger partial charge in [0, 0.05) is 12.6 Å². The highest BCUT2D eigenvalue weighted by Gasteiger charge is 2.28. The first-order valence-electron chi connectivity index (χ1n) is 7.64. The van der Waals surface area contributed by atoms with Crippen LogP contribution in [0.3, 0.4) is 0 Å². The van der Waals surface area contributed by atoms with Crippen LogP contribution >= 0.6 is 11.6 Å². The van der Waals surface area contributed by atoms with Gasteiger partial charge in [0.25, 0.3) is 0 Å². The Bertz CT molecular complexity index is 386. The Morgan fingerprint density at radius 2 is 2.05 bits per heavy atom. The number of aromatic nitrogens is 2. The van der Waals surface area contributed by atoms with Crippen LogP contribution in [0.25, 0.3) is 0 Å². The van der Waals surface area contributed by atoms with E-state index in [0.717, 1.165) is 25.1 Å². The fourth-order valence-electron chi connectivity index (χ4n) is 2.52. The predicted octanol–water partition coefficient (Wildman–Crippen LogP) is 3.97. The summed E-state index contributed by atoms with van der Waals surface area (Å²) in [5.41, 5.74) is 1.04. The summed E-state index contributed by atoms with van der Waals surface area (Å²) in [5.74, 6) is 0. The maximum absolute atomic E-state index is 6.39. The largest absolute Gasteiger partial charge is 0.376 e. The van der Waals surface area contributed by atoms with Crippen LogP contribution in [0.15, 0.2) is 6.20 Å². The van der Waals surface area contributed by atoms with Crippen LogP contribution in [0.1, 0.15) is 65.2 Å². The van der Waals surface area contributed by atoms with Crippen LogP contribution in [0.5, 0.6) is 0 Å². The van der Waals surface area contributed by atoms with Crippen molar-refractivity contribution in [3.63, 3.8) is 0 Å². The molecule has 0 spiro atoms. The molecule has 0 aliphatic rings. The Hall–Kier alpha value is -0.580. The minimum Gasteiger partial charge on any atom is -0.376 e. The minimum atomic E-state index is 0.0808. The first kappa shape index (κ1) is 17.5. The zero-order valence-electron chi connectivity index (χ0n) is 13.3. The van der Waals surface area contributed by atoms with Crippen molar-refractivity contribution >= 4 is 11.6 Å². The molecule has 0 aliphatic carbocycles. The van der Waals surface area contributed by atoms with Gasteiger partial charge in [-0.15, -0.1) is 0 Å². The summed E-state index contributed by atoms with van der Waals surface area (Å²) in [7, 11) is 0. The standard InChI is InChI=1S/C15H28ClN3O/c1-6-9-13(20-8-3)14(17-7-2)15-12(16)10-18-19(15)11(4)5/h10-11,13-14,17H,6-9H2,1-5H3. The summed E-state index contributed by atoms with van der Waals surface area (Å²) in [6.07, 6.45) is 3.94. The van der Waals surface area contributed by atoms with Crippen molar-refractivity contribution in [2.75, 3.05) is 13.2 Å². The minimum absolute atomic E-state index is 0.0808. The molecule has 1 N–H and O–H groups in total. The second-order valence-electron chi connectivity index (χ2n) is 5.23. The summed E-state index contributed by atoms with van der Waals surface area (Å²) in [5, 5.41) is 8.64. The van der Waals surface area contributed by atoms with Crippen molar-refractivity contribution in [1.82, 2.24) is 15.1 Å². The van der Waals surface area contributed by atoms with E-state index in [4.69, 9.17) is 16.3 Å². The average Bonchev–Trinajstić information content (AvgIpc) is 2.78. The van der Waals surface area contributed by atoms with E-state index in [-0.39, 0.29) is 18.2 Å². The molecule has 0 saturated carbocycles. The number of halogens is 1. The van der Waals surface area contributed by atoms with Gasteiger partial charge in [-0.2, -0.15) is 5.10 Å². The Morgan fingerprint density at radius 3 is 2.55 bits per heavy atom. The Morgan fingerprint density at radius 1 is 1.35 bits per heavy atom. The van der Waals surface area contributed by atoms with Crippen molar-refractivity contribution in [3.05, 3.63) is 16.9 Å². The molecule has 0 fully saturated rings. The Labute approximate surface area is 127 Å². The SMILES string of the molecule is CCCC(OCC)C(NCC)c1c(Cl)cnn1C(C)C. The van der Waals surface area contributed by atoms with E-state index in [0.29, 0.717) is 11.6 Å². The zero-order valence-corrected chi connectivity index (χ0v) is 14.1. The molecule has 2 unspecified atom stereocenters. The fraction of sp³-hybridized carbons (Fsp3) is 0.800. The number of likely N-dealkylation sites (N-methyl/N-ethyl adjacent to an activating group) is 1. The molecule has 20 heavy (non-hydrogen) atoms. The Kier molecular flexibility index (Phi) is 7.56. The molecule has 1 aromatic rings. The normalized spacial score (nSPS) is 14.8. The van der Waals surface area contributed by atoms with Crippen molar-refractivity contribution in [2.45, 2.75) is 65.6 Å². The van der Waals surface area contributed by atoms with Gasteiger partial charge in [-0.1, -0.05) is 31.9 Å². The Balaban J connectivity index is 3.13. The molecule has 116 valence electrons. The second kappa shape index (κ2) is 8.65. The van der Waals surface area contributed by atoms with Gasteiger partial charge in [-0.3, -0.25) is 4.68 Å². The highest BCUT2D eigenvalue weighted by atomic mass is 35.5. The van der Waals surface area contributed by atoms with Crippen LogP contribution in [0, 0.1) is 0 Å². The molecule has 1 aromatic heterocycles. The average molecular weight is 302 g/mol. The highest BCUT2D eigenvalue weighted by molar-refractivity contribution is 6.31. The number of ether oxygens (including phenoxy) is 1. The molecule has 0 saturated heterocycles. The summed E-state index contributed by atoms with van der Waals surface area (Å²) in [4.78, 5) is 0. The summed E-state index contributed by atoms with van der Waals surface area (Å²) < 4.78 is 7.95. The van der Waals surface area contributed by atoms with Crippen molar-refractivity contribution in [2.24, 2.45) is 0 Å². The van der Waals surface area contributed by atoms with Gasteiger partial charge in [0.15, 0.2) is 0 Å². The van der Waals surface area contributed by atoms with Gasteiger partial charge >= 0.3 is 0 Å². The maximum atomic E-state index is 6.39. The van der Waals surface area contributed by atoms with Gasteiger partial charge in [0.1, 0.15) is 0 Å². The number of hydrogen-bond acceptors (Lipinski definition) is 3. The lowest BCUT2D eigenvalue weighted by molar-refractivity contribution is 0.0255. The van der Waals surface area contributed by atoms with Crippen molar-refractivity contribution in [3.8, 4) is 0 Å². The topological polar surface area (TPSA) is 39.1 Å². The number of rotatable bonds is 9. The third kappa shape index (κ3) is 4.21. The van der Waals surface area contributed by atoms with Crippen molar-refractivity contribution < 1.29 is 4.74 Å². The van der Waals surface area contributed by atoms with Gasteiger partial charge < -0.3 is 10.1 Å². The summed E-state index contributed by atoms with van der Waals surface area (Å²) in [6, 6.07) is 0.361. The van der Waals surface area contributed by atoms with Crippen molar-refractivity contribution in [1.29, 1.82) is 0 Å². The predicted molar refractivity (Wildman–Crippen MR) is 84.4 cm³/mol. The van der Waals surface area contributed by atoms with E-state index >= 15 is 0 Å². The molecule has 0 bridgehead atoms. The third-order valence-corrected chi connectivity index (χ3v) is 3.61. The van der Waals surface area contributed by atoms with E-state index in [1.807, 2.05) is 11.6 Å². The van der Waals surface area contributed by atoms with Crippen LogP contribution < -0.4 is 5.32 Å².